The first-order chi connectivity index (χ1) is 9.20. The molecule has 0 spiro atoms. The largest absolute Gasteiger partial charge is 0.340 e. The summed E-state index contributed by atoms with van der Waals surface area (Å²) in [7, 11) is 0. The number of hydrogen-bond acceptors (Lipinski definition) is 2. The van der Waals surface area contributed by atoms with Gasteiger partial charge in [0.1, 0.15) is 0 Å². The van der Waals surface area contributed by atoms with Gasteiger partial charge in [-0.25, -0.2) is 0 Å². The second kappa shape index (κ2) is 6.87. The predicted molar refractivity (Wildman–Crippen MR) is 81.1 cm³/mol. The Hall–Kier alpha value is -1.13. The van der Waals surface area contributed by atoms with Crippen LogP contribution in [0.25, 0.3) is 0 Å². The highest BCUT2D eigenvalue weighted by Crippen LogP contribution is 2.17. The van der Waals surface area contributed by atoms with E-state index in [1.807, 2.05) is 35.2 Å². The van der Waals surface area contributed by atoms with Crippen LogP contribution in [-0.2, 0) is 11.2 Å². The molecule has 3 nitrogen and oxygen atoms in total. The summed E-state index contributed by atoms with van der Waals surface area (Å²) in [6.07, 6.45) is 2.39. The Bertz CT molecular complexity index is 453. The van der Waals surface area contributed by atoms with Crippen LogP contribution in [0.4, 0.5) is 0 Å². The molecule has 0 bridgehead atoms. The lowest BCUT2D eigenvalue weighted by atomic mass is 10.1. The highest BCUT2D eigenvalue weighted by atomic mass is 79.9. The van der Waals surface area contributed by atoms with Gasteiger partial charge in [-0.05, 0) is 11.6 Å². The fourth-order valence-electron chi connectivity index (χ4n) is 2.28. The van der Waals surface area contributed by atoms with Crippen LogP contribution in [0, 0.1) is 0 Å². The van der Waals surface area contributed by atoms with Crippen LogP contribution in [-0.4, -0.2) is 48.4 Å². The number of piperazine rings is 1. The Kier molecular flexibility index (Phi) is 5.16. The van der Waals surface area contributed by atoms with Gasteiger partial charge in [0.05, 0.1) is 6.42 Å². The summed E-state index contributed by atoms with van der Waals surface area (Å²) >= 11 is 3.49. The van der Waals surface area contributed by atoms with E-state index in [0.29, 0.717) is 6.42 Å². The van der Waals surface area contributed by atoms with Gasteiger partial charge in [-0.3, -0.25) is 9.69 Å². The molecule has 0 N–H and O–H groups in total. The van der Waals surface area contributed by atoms with Crippen molar-refractivity contribution in [1.29, 1.82) is 0 Å². The number of amides is 1. The van der Waals surface area contributed by atoms with E-state index < -0.39 is 0 Å². The summed E-state index contributed by atoms with van der Waals surface area (Å²) in [4.78, 5) is 16.5. The molecule has 19 heavy (non-hydrogen) atoms. The highest BCUT2D eigenvalue weighted by molar-refractivity contribution is 9.10. The third kappa shape index (κ3) is 3.91. The van der Waals surface area contributed by atoms with E-state index in [1.165, 1.54) is 0 Å². The molecule has 1 heterocycles. The van der Waals surface area contributed by atoms with Crippen molar-refractivity contribution in [3.8, 4) is 0 Å². The molecule has 1 fully saturated rings. The highest BCUT2D eigenvalue weighted by Gasteiger charge is 2.20. The molecule has 1 aliphatic heterocycles. The number of carbonyl (C=O) groups excluding carboxylic acids is 1. The number of carbonyl (C=O) groups is 1. The summed E-state index contributed by atoms with van der Waals surface area (Å²) in [5.41, 5.74) is 1.06. The molecule has 2 rings (SSSR count). The number of halogens is 1. The molecule has 1 saturated heterocycles. The second-order valence-electron chi connectivity index (χ2n) is 4.74. The minimum atomic E-state index is 0.213. The fraction of sp³-hybridized carbons (Fsp3) is 0.400. The summed E-state index contributed by atoms with van der Waals surface area (Å²) in [6.45, 7) is 8.17. The van der Waals surface area contributed by atoms with Crippen molar-refractivity contribution in [2.45, 2.75) is 6.42 Å². The van der Waals surface area contributed by atoms with E-state index in [-0.39, 0.29) is 5.91 Å². The van der Waals surface area contributed by atoms with Gasteiger partial charge in [-0.15, -0.1) is 6.58 Å². The summed E-state index contributed by atoms with van der Waals surface area (Å²) < 4.78 is 1.01. The van der Waals surface area contributed by atoms with E-state index in [4.69, 9.17) is 0 Å². The van der Waals surface area contributed by atoms with E-state index >= 15 is 0 Å². The average molecular weight is 323 g/mol. The maximum absolute atomic E-state index is 12.3. The van der Waals surface area contributed by atoms with Crippen molar-refractivity contribution in [1.82, 2.24) is 9.80 Å². The third-order valence-electron chi connectivity index (χ3n) is 3.41. The minimum absolute atomic E-state index is 0.213. The fourth-order valence-corrected chi connectivity index (χ4v) is 2.70. The Morgan fingerprint density at radius 3 is 2.58 bits per heavy atom. The standard InChI is InChI=1S/C15H19BrN2O/c1-2-7-17-8-10-18(11-9-17)15(19)12-13-5-3-4-6-14(13)16/h2-6H,1,7-12H2. The van der Waals surface area contributed by atoms with E-state index in [1.54, 1.807) is 0 Å². The van der Waals surface area contributed by atoms with Crippen LogP contribution in [0.2, 0.25) is 0 Å². The molecule has 1 amide bonds. The maximum atomic E-state index is 12.3. The third-order valence-corrected chi connectivity index (χ3v) is 4.19. The van der Waals surface area contributed by atoms with Gasteiger partial charge in [-0.1, -0.05) is 40.2 Å². The van der Waals surface area contributed by atoms with Crippen molar-refractivity contribution < 1.29 is 4.79 Å². The Balaban J connectivity index is 1.88. The van der Waals surface area contributed by atoms with Crippen molar-refractivity contribution in [2.24, 2.45) is 0 Å². The first-order valence-corrected chi connectivity index (χ1v) is 7.34. The number of hydrogen-bond donors (Lipinski definition) is 0. The molecule has 0 unspecified atom stereocenters. The average Bonchev–Trinajstić information content (AvgIpc) is 2.42. The van der Waals surface area contributed by atoms with Gasteiger partial charge in [-0.2, -0.15) is 0 Å². The van der Waals surface area contributed by atoms with E-state index in [2.05, 4.69) is 27.4 Å². The summed E-state index contributed by atoms with van der Waals surface area (Å²) in [5.74, 6) is 0.213. The smallest absolute Gasteiger partial charge is 0.227 e. The lowest BCUT2D eigenvalue weighted by molar-refractivity contribution is -0.132. The van der Waals surface area contributed by atoms with Crippen molar-refractivity contribution >= 4 is 21.8 Å². The maximum Gasteiger partial charge on any atom is 0.227 e. The quantitative estimate of drug-likeness (QED) is 0.794. The molecule has 1 aromatic rings. The van der Waals surface area contributed by atoms with Crippen LogP contribution in [0.1, 0.15) is 5.56 Å². The molecular formula is C15H19BrN2O. The molecule has 0 atom stereocenters. The first kappa shape index (κ1) is 14.3. The first-order valence-electron chi connectivity index (χ1n) is 6.55. The molecule has 0 aromatic heterocycles. The molecule has 102 valence electrons. The van der Waals surface area contributed by atoms with Gasteiger partial charge in [0.2, 0.25) is 5.91 Å². The van der Waals surface area contributed by atoms with E-state index in [0.717, 1.165) is 42.8 Å². The summed E-state index contributed by atoms with van der Waals surface area (Å²) in [6, 6.07) is 7.90. The Morgan fingerprint density at radius 1 is 1.26 bits per heavy atom. The van der Waals surface area contributed by atoms with Gasteiger partial charge in [0.25, 0.3) is 0 Å². The zero-order valence-corrected chi connectivity index (χ0v) is 12.6. The Morgan fingerprint density at radius 2 is 1.95 bits per heavy atom. The van der Waals surface area contributed by atoms with Crippen molar-refractivity contribution in [2.75, 3.05) is 32.7 Å². The van der Waals surface area contributed by atoms with Crippen LogP contribution >= 0.6 is 15.9 Å². The lowest BCUT2D eigenvalue weighted by Gasteiger charge is -2.34. The van der Waals surface area contributed by atoms with Gasteiger partial charge in [0.15, 0.2) is 0 Å². The molecule has 0 radical (unpaired) electrons. The second-order valence-corrected chi connectivity index (χ2v) is 5.59. The zero-order chi connectivity index (χ0) is 13.7. The van der Waals surface area contributed by atoms with Crippen molar-refractivity contribution in [3.05, 3.63) is 47.0 Å². The molecular weight excluding hydrogens is 304 g/mol. The molecule has 0 aliphatic carbocycles. The van der Waals surface area contributed by atoms with Crippen LogP contribution in [0.3, 0.4) is 0 Å². The van der Waals surface area contributed by atoms with Crippen LogP contribution in [0.5, 0.6) is 0 Å². The lowest BCUT2D eigenvalue weighted by Crippen LogP contribution is -2.49. The van der Waals surface area contributed by atoms with Gasteiger partial charge < -0.3 is 4.90 Å². The zero-order valence-electron chi connectivity index (χ0n) is 11.0. The SMILES string of the molecule is C=CCN1CCN(C(=O)Cc2ccccc2Br)CC1. The number of benzene rings is 1. The van der Waals surface area contributed by atoms with Crippen LogP contribution in [0.15, 0.2) is 41.4 Å². The monoisotopic (exact) mass is 322 g/mol. The molecule has 4 heteroatoms. The normalized spacial score (nSPS) is 16.4. The summed E-state index contributed by atoms with van der Waals surface area (Å²) in [5, 5.41) is 0. The number of nitrogens with zero attached hydrogens (tertiary/aromatic N) is 2. The molecule has 1 aliphatic rings. The molecule has 1 aromatic carbocycles. The predicted octanol–water partition coefficient (Wildman–Crippen LogP) is 2.32. The van der Waals surface area contributed by atoms with Gasteiger partial charge >= 0.3 is 0 Å². The van der Waals surface area contributed by atoms with Gasteiger partial charge in [0, 0.05) is 37.2 Å². The topological polar surface area (TPSA) is 23.6 Å². The van der Waals surface area contributed by atoms with Crippen LogP contribution < -0.4 is 0 Å². The van der Waals surface area contributed by atoms with E-state index in [9.17, 15) is 4.79 Å². The molecule has 0 saturated carbocycles. The number of rotatable bonds is 4. The minimum Gasteiger partial charge on any atom is -0.340 e. The Labute approximate surface area is 123 Å². The van der Waals surface area contributed by atoms with Crippen molar-refractivity contribution in [3.63, 3.8) is 0 Å².